The molecule has 142 valence electrons. The Labute approximate surface area is 176 Å². The van der Waals surface area contributed by atoms with Crippen LogP contribution in [0.3, 0.4) is 0 Å². The highest BCUT2D eigenvalue weighted by molar-refractivity contribution is 14.0. The molecule has 0 amide bonds. The summed E-state index contributed by atoms with van der Waals surface area (Å²) in [5.74, 6) is 2.54. The van der Waals surface area contributed by atoms with Crippen molar-refractivity contribution in [1.29, 1.82) is 0 Å². The van der Waals surface area contributed by atoms with E-state index in [-0.39, 0.29) is 24.0 Å². The first kappa shape index (κ1) is 20.8. The fourth-order valence-corrected chi connectivity index (χ4v) is 2.55. The van der Waals surface area contributed by atoms with Gasteiger partial charge in [-0.3, -0.25) is 14.5 Å². The largest absolute Gasteiger partial charge is 0.356 e. The summed E-state index contributed by atoms with van der Waals surface area (Å²) < 4.78 is 1.95. The van der Waals surface area contributed by atoms with Crippen molar-refractivity contribution in [1.82, 2.24) is 30.2 Å². The Morgan fingerprint density at radius 3 is 2.59 bits per heavy atom. The maximum Gasteiger partial charge on any atom is 0.191 e. The van der Waals surface area contributed by atoms with Crippen LogP contribution in [0.1, 0.15) is 17.1 Å². The Morgan fingerprint density at radius 1 is 1.07 bits per heavy atom. The van der Waals surface area contributed by atoms with E-state index in [1.807, 2.05) is 54.3 Å². The molecule has 3 heterocycles. The third-order valence-electron chi connectivity index (χ3n) is 3.96. The van der Waals surface area contributed by atoms with Gasteiger partial charge in [-0.2, -0.15) is 0 Å². The molecular formula is C19H24IN7. The van der Waals surface area contributed by atoms with E-state index in [1.54, 1.807) is 13.2 Å². The van der Waals surface area contributed by atoms with Crippen molar-refractivity contribution in [2.45, 2.75) is 19.9 Å². The number of imidazole rings is 1. The maximum absolute atomic E-state index is 4.50. The lowest BCUT2D eigenvalue weighted by atomic mass is 10.2. The molecule has 0 aliphatic heterocycles. The second-order valence-electron chi connectivity index (χ2n) is 5.79. The van der Waals surface area contributed by atoms with E-state index in [2.05, 4.69) is 36.6 Å². The number of hydrogen-bond donors (Lipinski definition) is 2. The highest BCUT2D eigenvalue weighted by atomic mass is 127. The van der Waals surface area contributed by atoms with Gasteiger partial charge >= 0.3 is 0 Å². The highest BCUT2D eigenvalue weighted by Gasteiger charge is 2.03. The number of rotatable bonds is 6. The van der Waals surface area contributed by atoms with Gasteiger partial charge in [-0.25, -0.2) is 9.97 Å². The highest BCUT2D eigenvalue weighted by Crippen LogP contribution is 2.08. The Balaban J connectivity index is 0.00000261. The molecule has 2 N–H and O–H groups in total. The fraction of sp³-hybridized carbons (Fsp3) is 0.263. The summed E-state index contributed by atoms with van der Waals surface area (Å²) in [6.45, 7) is 3.38. The fourth-order valence-electron chi connectivity index (χ4n) is 2.55. The first-order valence-electron chi connectivity index (χ1n) is 8.56. The Bertz CT molecular complexity index is 844. The smallest absolute Gasteiger partial charge is 0.191 e. The lowest BCUT2D eigenvalue weighted by molar-refractivity contribution is 0.782. The Kier molecular flexibility index (Phi) is 8.18. The summed E-state index contributed by atoms with van der Waals surface area (Å²) in [6.07, 6.45) is 8.20. The van der Waals surface area contributed by atoms with E-state index in [9.17, 15) is 0 Å². The van der Waals surface area contributed by atoms with Crippen molar-refractivity contribution in [3.05, 3.63) is 72.2 Å². The average molecular weight is 477 g/mol. The van der Waals surface area contributed by atoms with Gasteiger partial charge in [-0.1, -0.05) is 12.1 Å². The van der Waals surface area contributed by atoms with Gasteiger partial charge in [-0.15, -0.1) is 24.0 Å². The van der Waals surface area contributed by atoms with Crippen LogP contribution in [0.15, 0.2) is 60.1 Å². The van der Waals surface area contributed by atoms with Gasteiger partial charge in [0.05, 0.1) is 0 Å². The van der Waals surface area contributed by atoms with E-state index < -0.39 is 0 Å². The summed E-state index contributed by atoms with van der Waals surface area (Å²) in [5.41, 5.74) is 2.14. The van der Waals surface area contributed by atoms with Crippen molar-refractivity contribution in [3.8, 4) is 5.82 Å². The molecule has 7 nitrogen and oxygen atoms in total. The zero-order chi connectivity index (χ0) is 18.2. The van der Waals surface area contributed by atoms with Gasteiger partial charge in [0, 0.05) is 57.0 Å². The Morgan fingerprint density at radius 2 is 1.96 bits per heavy atom. The van der Waals surface area contributed by atoms with Gasteiger partial charge in [0.1, 0.15) is 11.6 Å². The third-order valence-corrected chi connectivity index (χ3v) is 3.96. The minimum atomic E-state index is 0. The number of hydrogen-bond acceptors (Lipinski definition) is 4. The number of halogens is 1. The first-order valence-corrected chi connectivity index (χ1v) is 8.56. The quantitative estimate of drug-likeness (QED) is 0.324. The third kappa shape index (κ3) is 6.02. The number of nitrogens with zero attached hydrogens (tertiary/aromatic N) is 5. The average Bonchev–Trinajstić information content (AvgIpc) is 3.12. The topological polar surface area (TPSA) is 80.0 Å². The van der Waals surface area contributed by atoms with E-state index in [0.717, 1.165) is 41.8 Å². The molecule has 0 saturated carbocycles. The predicted octanol–water partition coefficient (Wildman–Crippen LogP) is 2.50. The molecule has 3 aromatic heterocycles. The minimum absolute atomic E-state index is 0. The van der Waals surface area contributed by atoms with Gasteiger partial charge < -0.3 is 10.6 Å². The molecule has 0 unspecified atom stereocenters. The van der Waals surface area contributed by atoms with Crippen LogP contribution in [0, 0.1) is 6.92 Å². The SMILES string of the molecule is CN=C(NCCc1ccccn1)NCc1ccc(-n2ccnc2C)nc1.I. The number of nitrogens with one attached hydrogen (secondary N) is 2. The maximum atomic E-state index is 4.50. The number of pyridine rings is 2. The van der Waals surface area contributed by atoms with Crippen molar-refractivity contribution in [2.24, 2.45) is 4.99 Å². The van der Waals surface area contributed by atoms with Crippen LogP contribution in [-0.4, -0.2) is 39.1 Å². The molecule has 3 rings (SSSR count). The number of aliphatic imine (C=N–C) groups is 1. The summed E-state index contributed by atoms with van der Waals surface area (Å²) in [4.78, 5) is 17.3. The summed E-state index contributed by atoms with van der Waals surface area (Å²) >= 11 is 0. The molecule has 0 spiro atoms. The molecule has 0 bridgehead atoms. The molecule has 0 atom stereocenters. The molecule has 0 aliphatic carbocycles. The molecular weight excluding hydrogens is 453 g/mol. The number of aromatic nitrogens is 4. The molecule has 0 aliphatic rings. The lowest BCUT2D eigenvalue weighted by Gasteiger charge is -2.12. The zero-order valence-corrected chi connectivity index (χ0v) is 17.8. The second kappa shape index (κ2) is 10.6. The molecule has 0 fully saturated rings. The van der Waals surface area contributed by atoms with Crippen LogP contribution in [0.25, 0.3) is 5.82 Å². The minimum Gasteiger partial charge on any atom is -0.356 e. The molecule has 3 aromatic rings. The van der Waals surface area contributed by atoms with Crippen LogP contribution in [-0.2, 0) is 13.0 Å². The summed E-state index contributed by atoms with van der Waals surface area (Å²) in [7, 11) is 1.76. The van der Waals surface area contributed by atoms with Crippen LogP contribution < -0.4 is 10.6 Å². The molecule has 0 radical (unpaired) electrons. The van der Waals surface area contributed by atoms with Gasteiger partial charge in [0.2, 0.25) is 0 Å². The normalized spacial score (nSPS) is 11.0. The van der Waals surface area contributed by atoms with Crippen LogP contribution in [0.2, 0.25) is 0 Å². The summed E-state index contributed by atoms with van der Waals surface area (Å²) in [5, 5.41) is 6.59. The van der Waals surface area contributed by atoms with E-state index in [1.165, 1.54) is 0 Å². The number of aryl methyl sites for hydroxylation is 1. The zero-order valence-electron chi connectivity index (χ0n) is 15.5. The molecule has 0 saturated heterocycles. The van der Waals surface area contributed by atoms with Crippen LogP contribution in [0.5, 0.6) is 0 Å². The standard InChI is InChI=1S/C19H23N7.HI/c1-15-21-11-12-26(15)18-7-6-16(13-24-18)14-25-19(20-2)23-10-8-17-5-3-4-9-22-17;/h3-7,9,11-13H,8,10,14H2,1-2H3,(H2,20,23,25);1H. The van der Waals surface area contributed by atoms with E-state index >= 15 is 0 Å². The predicted molar refractivity (Wildman–Crippen MR) is 118 cm³/mol. The van der Waals surface area contributed by atoms with Gasteiger partial charge in [-0.05, 0) is 30.7 Å². The van der Waals surface area contributed by atoms with E-state index in [4.69, 9.17) is 0 Å². The van der Waals surface area contributed by atoms with Crippen molar-refractivity contribution >= 4 is 29.9 Å². The second-order valence-corrected chi connectivity index (χ2v) is 5.79. The van der Waals surface area contributed by atoms with Crippen LogP contribution in [0.4, 0.5) is 0 Å². The molecule has 0 aromatic carbocycles. The van der Waals surface area contributed by atoms with Gasteiger partial charge in [0.25, 0.3) is 0 Å². The molecule has 8 heteroatoms. The monoisotopic (exact) mass is 477 g/mol. The summed E-state index contributed by atoms with van der Waals surface area (Å²) in [6, 6.07) is 9.98. The van der Waals surface area contributed by atoms with Crippen molar-refractivity contribution in [2.75, 3.05) is 13.6 Å². The van der Waals surface area contributed by atoms with Crippen LogP contribution >= 0.6 is 24.0 Å². The Hall–Kier alpha value is -2.49. The van der Waals surface area contributed by atoms with E-state index in [0.29, 0.717) is 6.54 Å². The van der Waals surface area contributed by atoms with Gasteiger partial charge in [0.15, 0.2) is 5.96 Å². The number of guanidine groups is 1. The molecule has 27 heavy (non-hydrogen) atoms. The lowest BCUT2D eigenvalue weighted by Crippen LogP contribution is -2.37. The first-order chi connectivity index (χ1) is 12.8. The van der Waals surface area contributed by atoms with Crippen molar-refractivity contribution in [3.63, 3.8) is 0 Å². The van der Waals surface area contributed by atoms with Crippen molar-refractivity contribution < 1.29 is 0 Å².